The second-order valence-electron chi connectivity index (χ2n) is 6.68. The molecule has 2 bridgehead atoms. The van der Waals surface area contributed by atoms with Crippen LogP contribution in [-0.4, -0.2) is 23.1 Å². The van der Waals surface area contributed by atoms with Crippen molar-refractivity contribution in [1.82, 2.24) is 0 Å². The first-order valence-electron chi connectivity index (χ1n) is 8.12. The molecule has 0 aromatic heterocycles. The van der Waals surface area contributed by atoms with Crippen molar-refractivity contribution in [2.45, 2.75) is 52.4 Å². The van der Waals surface area contributed by atoms with Gasteiger partial charge in [0.2, 0.25) is 0 Å². The summed E-state index contributed by atoms with van der Waals surface area (Å²) in [5, 5.41) is 0. The minimum Gasteiger partial charge on any atom is -0.300 e. The van der Waals surface area contributed by atoms with Crippen LogP contribution >= 0.6 is 0 Å². The maximum absolute atomic E-state index is 12.5. The first-order chi connectivity index (χ1) is 10.4. The lowest BCUT2D eigenvalue weighted by atomic mass is 9.59. The average Bonchev–Trinajstić information content (AvgIpc) is 2.50. The number of rotatable bonds is 8. The van der Waals surface area contributed by atoms with Crippen LogP contribution in [-0.2, 0) is 19.2 Å². The Labute approximate surface area is 131 Å². The fourth-order valence-corrected chi connectivity index (χ4v) is 3.80. The van der Waals surface area contributed by atoms with Gasteiger partial charge >= 0.3 is 0 Å². The summed E-state index contributed by atoms with van der Waals surface area (Å²) in [6.07, 6.45) is 6.98. The Balaban J connectivity index is 2.11. The average molecular weight is 304 g/mol. The lowest BCUT2D eigenvalue weighted by Crippen LogP contribution is -2.45. The summed E-state index contributed by atoms with van der Waals surface area (Å²) in [5.74, 6) is -0.254. The Morgan fingerprint density at radius 1 is 0.727 bits per heavy atom. The van der Waals surface area contributed by atoms with Crippen LogP contribution in [0, 0.1) is 23.7 Å². The second kappa shape index (κ2) is 7.12. The van der Waals surface area contributed by atoms with Gasteiger partial charge in [0.15, 0.2) is 0 Å². The molecule has 22 heavy (non-hydrogen) atoms. The van der Waals surface area contributed by atoms with Gasteiger partial charge in [-0.1, -0.05) is 12.2 Å². The molecule has 0 N–H and O–H groups in total. The van der Waals surface area contributed by atoms with Gasteiger partial charge in [0.05, 0.1) is 0 Å². The highest BCUT2D eigenvalue weighted by Gasteiger charge is 2.46. The van der Waals surface area contributed by atoms with E-state index >= 15 is 0 Å². The van der Waals surface area contributed by atoms with Crippen LogP contribution in [0.3, 0.4) is 0 Å². The van der Waals surface area contributed by atoms with Crippen LogP contribution in [0.15, 0.2) is 12.2 Å². The van der Waals surface area contributed by atoms with Gasteiger partial charge in [0.1, 0.15) is 23.1 Å². The summed E-state index contributed by atoms with van der Waals surface area (Å²) in [7, 11) is 0. The SMILES string of the molecule is CC(=O)CCC(=O)[C@@H]1[C@@H](C(=O)CCC(C)=O)[C@H]2C=C[C@@H]1CC2. The summed E-state index contributed by atoms with van der Waals surface area (Å²) < 4.78 is 0. The van der Waals surface area contributed by atoms with Crippen molar-refractivity contribution < 1.29 is 19.2 Å². The van der Waals surface area contributed by atoms with Crippen molar-refractivity contribution in [3.63, 3.8) is 0 Å². The van der Waals surface area contributed by atoms with Crippen molar-refractivity contribution in [1.29, 1.82) is 0 Å². The third kappa shape index (κ3) is 3.79. The number of hydrogen-bond acceptors (Lipinski definition) is 4. The van der Waals surface area contributed by atoms with Crippen molar-refractivity contribution in [3.05, 3.63) is 12.2 Å². The van der Waals surface area contributed by atoms with E-state index in [1.807, 2.05) is 0 Å². The second-order valence-corrected chi connectivity index (χ2v) is 6.68. The predicted molar refractivity (Wildman–Crippen MR) is 82.2 cm³/mol. The van der Waals surface area contributed by atoms with E-state index in [-0.39, 0.29) is 72.5 Å². The summed E-state index contributed by atoms with van der Waals surface area (Å²) in [5.41, 5.74) is 0. The molecule has 1 fully saturated rings. The smallest absolute Gasteiger partial charge is 0.137 e. The first-order valence-corrected chi connectivity index (χ1v) is 8.12. The highest BCUT2D eigenvalue weighted by atomic mass is 16.1. The number of carbonyl (C=O) groups is 4. The van der Waals surface area contributed by atoms with Gasteiger partial charge in [0, 0.05) is 37.5 Å². The van der Waals surface area contributed by atoms with E-state index in [2.05, 4.69) is 12.2 Å². The van der Waals surface area contributed by atoms with Gasteiger partial charge in [-0.25, -0.2) is 0 Å². The topological polar surface area (TPSA) is 68.3 Å². The molecule has 0 radical (unpaired) electrons. The van der Waals surface area contributed by atoms with Gasteiger partial charge in [-0.05, 0) is 38.5 Å². The summed E-state index contributed by atoms with van der Waals surface area (Å²) in [4.78, 5) is 47.3. The summed E-state index contributed by atoms with van der Waals surface area (Å²) >= 11 is 0. The molecule has 0 aromatic rings. The Kier molecular flexibility index (Phi) is 5.43. The molecule has 0 unspecified atom stereocenters. The minimum atomic E-state index is -0.289. The standard InChI is InChI=1S/C18H24O4/c1-11(19)3-9-15(21)17-13-5-7-14(8-6-13)18(17)16(22)10-4-12(2)20/h5,7,13-14,17-18H,3-4,6,8-10H2,1-2H3/t13-,14+,17-,18-/m1/s1. The Hall–Kier alpha value is -1.58. The first kappa shape index (κ1) is 16.8. The number of fused-ring (bicyclic) bond motifs is 2. The molecule has 0 heterocycles. The van der Waals surface area contributed by atoms with Gasteiger partial charge in [-0.3, -0.25) is 9.59 Å². The van der Waals surface area contributed by atoms with Crippen molar-refractivity contribution in [3.8, 4) is 0 Å². The van der Waals surface area contributed by atoms with Crippen LogP contribution in [0.2, 0.25) is 0 Å². The molecule has 0 spiro atoms. The van der Waals surface area contributed by atoms with Crippen LogP contribution in [0.1, 0.15) is 52.4 Å². The van der Waals surface area contributed by atoms with E-state index in [9.17, 15) is 19.2 Å². The molecule has 1 saturated carbocycles. The maximum atomic E-state index is 12.5. The third-order valence-electron chi connectivity index (χ3n) is 4.94. The number of hydrogen-bond donors (Lipinski definition) is 0. The molecule has 3 aliphatic rings. The molecule has 3 aliphatic carbocycles. The molecule has 0 aliphatic heterocycles. The van der Waals surface area contributed by atoms with E-state index in [0.717, 1.165) is 12.8 Å². The van der Waals surface area contributed by atoms with E-state index in [0.29, 0.717) is 0 Å². The van der Waals surface area contributed by atoms with Crippen LogP contribution in [0.25, 0.3) is 0 Å². The van der Waals surface area contributed by atoms with E-state index in [4.69, 9.17) is 0 Å². The highest BCUT2D eigenvalue weighted by molar-refractivity contribution is 5.94. The number of Topliss-reactive ketones (excluding diaryl/α,β-unsaturated/α-hetero) is 4. The maximum Gasteiger partial charge on any atom is 0.137 e. The van der Waals surface area contributed by atoms with Gasteiger partial charge in [-0.15, -0.1) is 0 Å². The van der Waals surface area contributed by atoms with Gasteiger partial charge in [0.25, 0.3) is 0 Å². The summed E-state index contributed by atoms with van der Waals surface area (Å²) in [6, 6.07) is 0. The van der Waals surface area contributed by atoms with Gasteiger partial charge < -0.3 is 9.59 Å². The fraction of sp³-hybridized carbons (Fsp3) is 0.667. The number of allylic oxidation sites excluding steroid dienone is 2. The third-order valence-corrected chi connectivity index (χ3v) is 4.94. The van der Waals surface area contributed by atoms with Crippen molar-refractivity contribution in [2.24, 2.45) is 23.7 Å². The number of ketones is 4. The quantitative estimate of drug-likeness (QED) is 0.647. The number of carbonyl (C=O) groups excluding carboxylic acids is 4. The Bertz CT molecular complexity index is 471. The van der Waals surface area contributed by atoms with Crippen molar-refractivity contribution in [2.75, 3.05) is 0 Å². The summed E-state index contributed by atoms with van der Waals surface area (Å²) in [6.45, 7) is 2.96. The zero-order valence-electron chi connectivity index (χ0n) is 13.3. The largest absolute Gasteiger partial charge is 0.300 e. The molecule has 0 aromatic carbocycles. The Morgan fingerprint density at radius 3 is 1.36 bits per heavy atom. The van der Waals surface area contributed by atoms with Crippen LogP contribution in [0.4, 0.5) is 0 Å². The normalized spacial score (nSPS) is 29.4. The molecule has 4 heteroatoms. The molecule has 0 amide bonds. The fourth-order valence-electron chi connectivity index (χ4n) is 3.80. The lowest BCUT2D eigenvalue weighted by molar-refractivity contribution is -0.139. The minimum absolute atomic E-state index is 0.00400. The van der Waals surface area contributed by atoms with Gasteiger partial charge in [-0.2, -0.15) is 0 Å². The van der Waals surface area contributed by atoms with Crippen molar-refractivity contribution >= 4 is 23.1 Å². The highest BCUT2D eigenvalue weighted by Crippen LogP contribution is 2.46. The molecular formula is C18H24O4. The molecule has 4 nitrogen and oxygen atoms in total. The lowest BCUT2D eigenvalue weighted by Gasteiger charge is -2.43. The van der Waals surface area contributed by atoms with E-state index in [1.165, 1.54) is 13.8 Å². The Morgan fingerprint density at radius 2 is 1.09 bits per heavy atom. The molecular weight excluding hydrogens is 280 g/mol. The molecule has 0 saturated heterocycles. The van der Waals surface area contributed by atoms with E-state index in [1.54, 1.807) is 0 Å². The van der Waals surface area contributed by atoms with Crippen LogP contribution < -0.4 is 0 Å². The van der Waals surface area contributed by atoms with E-state index < -0.39 is 0 Å². The zero-order chi connectivity index (χ0) is 16.3. The molecule has 3 rings (SSSR count). The molecule has 4 atom stereocenters. The predicted octanol–water partition coefficient (Wildman–Crippen LogP) is 2.69. The molecule has 120 valence electrons. The zero-order valence-corrected chi connectivity index (χ0v) is 13.3. The monoisotopic (exact) mass is 304 g/mol. The van der Waals surface area contributed by atoms with Crippen LogP contribution in [0.5, 0.6) is 0 Å².